The van der Waals surface area contributed by atoms with Crippen LogP contribution in [0.2, 0.25) is 0 Å². The summed E-state index contributed by atoms with van der Waals surface area (Å²) in [4.78, 5) is 25.2. The van der Waals surface area contributed by atoms with Gasteiger partial charge in [-0.05, 0) is 11.4 Å². The Labute approximate surface area is 128 Å². The minimum Gasteiger partial charge on any atom is -0.395 e. The van der Waals surface area contributed by atoms with E-state index in [4.69, 9.17) is 5.11 Å². The van der Waals surface area contributed by atoms with E-state index in [0.717, 1.165) is 0 Å². The molecule has 0 aliphatic heterocycles. The summed E-state index contributed by atoms with van der Waals surface area (Å²) in [6, 6.07) is 1.58. The average molecular weight is 309 g/mol. The van der Waals surface area contributed by atoms with Crippen molar-refractivity contribution in [3.63, 3.8) is 0 Å². The minimum absolute atomic E-state index is 0.00421. The number of thiophene rings is 1. The van der Waals surface area contributed by atoms with Crippen LogP contribution in [0.1, 0.15) is 21.7 Å². The van der Waals surface area contributed by atoms with Gasteiger partial charge in [0, 0.05) is 39.2 Å². The molecule has 0 saturated carbocycles. The van der Waals surface area contributed by atoms with Gasteiger partial charge >= 0.3 is 6.03 Å². The Kier molecular flexibility index (Phi) is 7.29. The predicted octanol–water partition coefficient (Wildman–Crippen LogP) is 0.483. The zero-order valence-electron chi connectivity index (χ0n) is 12.1. The van der Waals surface area contributed by atoms with Crippen LogP contribution < -0.4 is 10.6 Å². The molecule has 0 aliphatic rings. The van der Waals surface area contributed by atoms with Crippen LogP contribution in [0.25, 0.3) is 0 Å². The fourth-order valence-electron chi connectivity index (χ4n) is 1.38. The van der Waals surface area contributed by atoms with Crippen LogP contribution in [0.15, 0.2) is 11.4 Å². The van der Waals surface area contributed by atoms with Gasteiger partial charge < -0.3 is 20.6 Å². The lowest BCUT2D eigenvalue weighted by Crippen LogP contribution is -2.39. The average Bonchev–Trinajstić information content (AvgIpc) is 2.91. The molecule has 1 aromatic heterocycles. The van der Waals surface area contributed by atoms with Crippen LogP contribution in [-0.2, 0) is 0 Å². The second-order valence-corrected chi connectivity index (χ2v) is 5.24. The van der Waals surface area contributed by atoms with E-state index in [1.54, 1.807) is 25.5 Å². The first-order valence-corrected chi connectivity index (χ1v) is 7.34. The summed E-state index contributed by atoms with van der Waals surface area (Å²) in [6.45, 7) is 0.712. The number of hydrogen-bond acceptors (Lipinski definition) is 4. The van der Waals surface area contributed by atoms with Gasteiger partial charge in [0.25, 0.3) is 5.91 Å². The molecular formula is C14H19N3O3S. The molecule has 1 aromatic rings. The van der Waals surface area contributed by atoms with Crippen molar-refractivity contribution in [3.05, 3.63) is 21.9 Å². The maximum absolute atomic E-state index is 12.0. The zero-order valence-corrected chi connectivity index (χ0v) is 12.9. The Bertz CT molecular complexity index is 543. The number of hydrogen-bond donors (Lipinski definition) is 3. The van der Waals surface area contributed by atoms with Crippen LogP contribution in [-0.4, -0.2) is 55.7 Å². The van der Waals surface area contributed by atoms with Crippen molar-refractivity contribution in [1.82, 2.24) is 15.5 Å². The highest BCUT2D eigenvalue weighted by Gasteiger charge is 2.11. The Balaban J connectivity index is 2.45. The van der Waals surface area contributed by atoms with Crippen molar-refractivity contribution in [2.24, 2.45) is 0 Å². The lowest BCUT2D eigenvalue weighted by Gasteiger charge is -2.12. The molecular weight excluding hydrogens is 290 g/mol. The molecule has 21 heavy (non-hydrogen) atoms. The number of aliphatic hydroxyl groups is 1. The summed E-state index contributed by atoms with van der Waals surface area (Å²) < 4.78 is 0. The van der Waals surface area contributed by atoms with E-state index < -0.39 is 0 Å². The van der Waals surface area contributed by atoms with Crippen LogP contribution in [0.3, 0.4) is 0 Å². The van der Waals surface area contributed by atoms with Gasteiger partial charge in [-0.1, -0.05) is 11.8 Å². The third kappa shape index (κ3) is 5.85. The monoisotopic (exact) mass is 309 g/mol. The summed E-state index contributed by atoms with van der Waals surface area (Å²) >= 11 is 1.31. The highest BCUT2D eigenvalue weighted by molar-refractivity contribution is 7.12. The van der Waals surface area contributed by atoms with E-state index in [2.05, 4.69) is 22.5 Å². The second-order valence-electron chi connectivity index (χ2n) is 4.32. The molecule has 1 heterocycles. The highest BCUT2D eigenvalue weighted by atomic mass is 32.1. The number of rotatable bonds is 5. The number of nitrogens with zero attached hydrogens (tertiary/aromatic N) is 1. The Morgan fingerprint density at radius 1 is 1.33 bits per heavy atom. The summed E-state index contributed by atoms with van der Waals surface area (Å²) in [7, 11) is 3.30. The standard InChI is InChI=1S/C14H19N3O3S/c1-17(2)14(20)16-8-7-15-13(19)12-11(6-10-21-12)5-3-4-9-18/h6,10,18H,4,7-9H2,1-2H3,(H,15,19)(H,16,20). The van der Waals surface area contributed by atoms with Crippen LogP contribution in [0.4, 0.5) is 4.79 Å². The third-order valence-corrected chi connectivity index (χ3v) is 3.34. The molecule has 114 valence electrons. The second kappa shape index (κ2) is 9.00. The summed E-state index contributed by atoms with van der Waals surface area (Å²) in [5.74, 6) is 5.44. The maximum atomic E-state index is 12.0. The SMILES string of the molecule is CN(C)C(=O)NCCNC(=O)c1sccc1C#CCCO. The fourth-order valence-corrected chi connectivity index (χ4v) is 2.15. The number of nitrogens with one attached hydrogen (secondary N) is 2. The molecule has 0 fully saturated rings. The van der Waals surface area contributed by atoms with E-state index in [1.807, 2.05) is 0 Å². The van der Waals surface area contributed by atoms with Crippen molar-refractivity contribution < 1.29 is 14.7 Å². The van der Waals surface area contributed by atoms with Crippen molar-refractivity contribution in [1.29, 1.82) is 0 Å². The Morgan fingerprint density at radius 2 is 2.05 bits per heavy atom. The molecule has 0 radical (unpaired) electrons. The molecule has 6 nitrogen and oxygen atoms in total. The number of carbonyl (C=O) groups excluding carboxylic acids is 2. The molecule has 0 saturated heterocycles. The smallest absolute Gasteiger partial charge is 0.316 e. The Morgan fingerprint density at radius 3 is 2.71 bits per heavy atom. The normalized spacial score (nSPS) is 9.48. The van der Waals surface area contributed by atoms with Crippen molar-refractivity contribution in [2.75, 3.05) is 33.8 Å². The molecule has 0 aromatic carbocycles. The van der Waals surface area contributed by atoms with Gasteiger partial charge in [-0.25, -0.2) is 4.79 Å². The van der Waals surface area contributed by atoms with Gasteiger partial charge in [0.1, 0.15) is 4.88 Å². The summed E-state index contributed by atoms with van der Waals surface area (Å²) in [6.07, 6.45) is 0.382. The molecule has 0 atom stereocenters. The number of carbonyl (C=O) groups is 2. The highest BCUT2D eigenvalue weighted by Crippen LogP contribution is 2.15. The van der Waals surface area contributed by atoms with Gasteiger partial charge in [-0.15, -0.1) is 11.3 Å². The van der Waals surface area contributed by atoms with Crippen LogP contribution >= 0.6 is 11.3 Å². The van der Waals surface area contributed by atoms with E-state index in [0.29, 0.717) is 30.0 Å². The van der Waals surface area contributed by atoms with Crippen molar-refractivity contribution >= 4 is 23.3 Å². The summed E-state index contributed by atoms with van der Waals surface area (Å²) in [5, 5.41) is 15.9. The van der Waals surface area contributed by atoms with Crippen LogP contribution in [0.5, 0.6) is 0 Å². The quantitative estimate of drug-likeness (QED) is 0.547. The first kappa shape index (κ1) is 17.0. The topological polar surface area (TPSA) is 81.7 Å². The molecule has 0 bridgehead atoms. The minimum atomic E-state index is -0.211. The maximum Gasteiger partial charge on any atom is 0.316 e. The molecule has 0 unspecified atom stereocenters. The van der Waals surface area contributed by atoms with Gasteiger partial charge in [-0.2, -0.15) is 0 Å². The molecule has 0 spiro atoms. The van der Waals surface area contributed by atoms with E-state index >= 15 is 0 Å². The van der Waals surface area contributed by atoms with E-state index in [-0.39, 0.29) is 18.5 Å². The molecule has 1 rings (SSSR count). The largest absolute Gasteiger partial charge is 0.395 e. The van der Waals surface area contributed by atoms with Crippen molar-refractivity contribution in [3.8, 4) is 11.8 Å². The Hall–Kier alpha value is -2.04. The molecule has 3 amide bonds. The predicted molar refractivity (Wildman–Crippen MR) is 82.3 cm³/mol. The van der Waals surface area contributed by atoms with Crippen LogP contribution in [0, 0.1) is 11.8 Å². The van der Waals surface area contributed by atoms with E-state index in [1.165, 1.54) is 16.2 Å². The molecule has 0 aliphatic carbocycles. The number of aliphatic hydroxyl groups excluding tert-OH is 1. The zero-order chi connectivity index (χ0) is 15.7. The van der Waals surface area contributed by atoms with Gasteiger partial charge in [0.05, 0.1) is 6.61 Å². The van der Waals surface area contributed by atoms with Crippen molar-refractivity contribution in [2.45, 2.75) is 6.42 Å². The fraction of sp³-hybridized carbons (Fsp3) is 0.429. The number of amides is 3. The molecule has 7 heteroatoms. The third-order valence-electron chi connectivity index (χ3n) is 2.42. The molecule has 3 N–H and O–H groups in total. The van der Waals surface area contributed by atoms with Gasteiger partial charge in [0.15, 0.2) is 0 Å². The first-order chi connectivity index (χ1) is 10.1. The first-order valence-electron chi connectivity index (χ1n) is 6.47. The lowest BCUT2D eigenvalue weighted by atomic mass is 10.2. The lowest BCUT2D eigenvalue weighted by molar-refractivity contribution is 0.0957. The van der Waals surface area contributed by atoms with Gasteiger partial charge in [0.2, 0.25) is 0 Å². The number of urea groups is 1. The van der Waals surface area contributed by atoms with Gasteiger partial charge in [-0.3, -0.25) is 4.79 Å². The summed E-state index contributed by atoms with van der Waals surface area (Å²) in [5.41, 5.74) is 0.656. The van der Waals surface area contributed by atoms with E-state index in [9.17, 15) is 9.59 Å².